The number of halogens is 2. The second kappa shape index (κ2) is 10.2. The van der Waals surface area contributed by atoms with Crippen LogP contribution in [0.3, 0.4) is 0 Å². The lowest BCUT2D eigenvalue weighted by molar-refractivity contribution is -0.139. The van der Waals surface area contributed by atoms with E-state index in [2.05, 4.69) is 4.72 Å². The lowest BCUT2D eigenvalue weighted by atomic mass is 9.87. The highest BCUT2D eigenvalue weighted by atomic mass is 35.5. The van der Waals surface area contributed by atoms with Gasteiger partial charge in [-0.3, -0.25) is 0 Å². The van der Waals surface area contributed by atoms with Gasteiger partial charge in [0.2, 0.25) is 10.0 Å². The monoisotopic (exact) mass is 521 g/mol. The standard InChI is InChI=1S/C24H21Cl2NO6S/c25-15-7-9-16(10-8-15)33-23-12-11-17(13-20(23)26)34(30,31)27-21-5-1-4-19-18(21)3-2-6-22(19)32-14-24(28)29/h2-3,6-13,21,27H,1,4-5,14H2,(H,28,29)/t21-/m1/s1. The Balaban J connectivity index is 1.54. The summed E-state index contributed by atoms with van der Waals surface area (Å²) >= 11 is 12.2. The summed E-state index contributed by atoms with van der Waals surface area (Å²) < 4.78 is 40.1. The van der Waals surface area contributed by atoms with E-state index in [4.69, 9.17) is 37.8 Å². The number of aliphatic carboxylic acids is 1. The van der Waals surface area contributed by atoms with Gasteiger partial charge in [0.15, 0.2) is 6.61 Å². The number of carboxylic acids is 1. The summed E-state index contributed by atoms with van der Waals surface area (Å²) in [4.78, 5) is 10.9. The zero-order valence-corrected chi connectivity index (χ0v) is 20.2. The maximum absolute atomic E-state index is 13.1. The fraction of sp³-hybridized carbons (Fsp3) is 0.208. The number of ether oxygens (including phenoxy) is 2. The van der Waals surface area contributed by atoms with Crippen LogP contribution in [0.1, 0.15) is 30.0 Å². The number of hydrogen-bond acceptors (Lipinski definition) is 5. The van der Waals surface area contributed by atoms with E-state index in [0.717, 1.165) is 17.5 Å². The van der Waals surface area contributed by atoms with Crippen molar-refractivity contribution in [3.05, 3.63) is 81.8 Å². The van der Waals surface area contributed by atoms with Crippen molar-refractivity contribution in [2.45, 2.75) is 30.2 Å². The molecule has 34 heavy (non-hydrogen) atoms. The highest BCUT2D eigenvalue weighted by molar-refractivity contribution is 7.89. The van der Waals surface area contributed by atoms with E-state index in [9.17, 15) is 13.2 Å². The molecule has 0 aliphatic heterocycles. The molecule has 3 aromatic rings. The molecule has 0 radical (unpaired) electrons. The van der Waals surface area contributed by atoms with Crippen LogP contribution < -0.4 is 14.2 Å². The third-order valence-electron chi connectivity index (χ3n) is 5.37. The van der Waals surface area contributed by atoms with E-state index in [1.54, 1.807) is 36.4 Å². The molecule has 1 aliphatic carbocycles. The van der Waals surface area contributed by atoms with Crippen LogP contribution >= 0.6 is 23.2 Å². The molecule has 1 atom stereocenters. The maximum Gasteiger partial charge on any atom is 0.341 e. The van der Waals surface area contributed by atoms with Crippen molar-refractivity contribution in [2.24, 2.45) is 0 Å². The summed E-state index contributed by atoms with van der Waals surface area (Å²) in [6, 6.07) is 15.7. The van der Waals surface area contributed by atoms with E-state index in [1.807, 2.05) is 6.07 Å². The summed E-state index contributed by atoms with van der Waals surface area (Å²) in [6.45, 7) is -0.463. The Labute approximate surface area is 207 Å². The fourth-order valence-corrected chi connectivity index (χ4v) is 5.51. The molecule has 0 aromatic heterocycles. The summed E-state index contributed by atoms with van der Waals surface area (Å²) in [5.74, 6) is 0.201. The lowest BCUT2D eigenvalue weighted by Crippen LogP contribution is -2.31. The predicted molar refractivity (Wildman–Crippen MR) is 129 cm³/mol. The molecule has 4 rings (SSSR count). The molecule has 0 heterocycles. The number of carboxylic acid groups (broad SMARTS) is 1. The van der Waals surface area contributed by atoms with Gasteiger partial charge in [-0.15, -0.1) is 0 Å². The first-order valence-corrected chi connectivity index (χ1v) is 12.7. The molecule has 3 aromatic carbocycles. The molecule has 0 amide bonds. The minimum Gasteiger partial charge on any atom is -0.482 e. The van der Waals surface area contributed by atoms with Crippen molar-refractivity contribution >= 4 is 39.2 Å². The first-order valence-electron chi connectivity index (χ1n) is 10.4. The Kier molecular flexibility index (Phi) is 7.33. The highest BCUT2D eigenvalue weighted by Crippen LogP contribution is 2.37. The maximum atomic E-state index is 13.1. The average molecular weight is 522 g/mol. The molecule has 178 valence electrons. The number of hydrogen-bond donors (Lipinski definition) is 2. The number of sulfonamides is 1. The van der Waals surface area contributed by atoms with Crippen LogP contribution in [0.4, 0.5) is 0 Å². The van der Waals surface area contributed by atoms with Crippen molar-refractivity contribution in [3.8, 4) is 17.2 Å². The predicted octanol–water partition coefficient (Wildman–Crippen LogP) is 5.61. The Morgan fingerprint density at radius 2 is 1.82 bits per heavy atom. The Morgan fingerprint density at radius 3 is 2.53 bits per heavy atom. The van der Waals surface area contributed by atoms with Gasteiger partial charge in [0.1, 0.15) is 17.2 Å². The van der Waals surface area contributed by atoms with Crippen LogP contribution in [-0.2, 0) is 21.2 Å². The van der Waals surface area contributed by atoms with Gasteiger partial charge in [0.05, 0.1) is 9.92 Å². The fourth-order valence-electron chi connectivity index (χ4n) is 3.83. The van der Waals surface area contributed by atoms with Gasteiger partial charge in [-0.1, -0.05) is 35.3 Å². The molecule has 2 N–H and O–H groups in total. The molecule has 7 nitrogen and oxygen atoms in total. The van der Waals surface area contributed by atoms with Crippen molar-refractivity contribution in [2.75, 3.05) is 6.61 Å². The molecule has 1 aliphatic rings. The molecule has 0 saturated heterocycles. The zero-order chi connectivity index (χ0) is 24.3. The van der Waals surface area contributed by atoms with Gasteiger partial charge in [0.25, 0.3) is 0 Å². The summed E-state index contributed by atoms with van der Waals surface area (Å²) in [7, 11) is -3.90. The number of nitrogens with one attached hydrogen (secondary N) is 1. The quantitative estimate of drug-likeness (QED) is 0.399. The second-order valence-electron chi connectivity index (χ2n) is 7.72. The highest BCUT2D eigenvalue weighted by Gasteiger charge is 2.28. The number of carbonyl (C=O) groups is 1. The van der Waals surface area contributed by atoms with E-state index in [-0.39, 0.29) is 9.92 Å². The summed E-state index contributed by atoms with van der Waals surface area (Å²) in [5, 5.41) is 9.61. The van der Waals surface area contributed by atoms with Gasteiger partial charge in [0, 0.05) is 11.1 Å². The normalized spacial score (nSPS) is 15.4. The Bertz CT molecular complexity index is 1310. The molecule has 0 saturated carbocycles. The smallest absolute Gasteiger partial charge is 0.341 e. The van der Waals surface area contributed by atoms with E-state index in [0.29, 0.717) is 35.1 Å². The molecular formula is C24H21Cl2NO6S. The minimum atomic E-state index is -3.90. The Morgan fingerprint density at radius 1 is 1.06 bits per heavy atom. The Hall–Kier alpha value is -2.78. The van der Waals surface area contributed by atoms with Crippen molar-refractivity contribution in [1.29, 1.82) is 0 Å². The van der Waals surface area contributed by atoms with Crippen LogP contribution in [0.2, 0.25) is 10.0 Å². The van der Waals surface area contributed by atoms with Crippen LogP contribution in [0.5, 0.6) is 17.2 Å². The van der Waals surface area contributed by atoms with Gasteiger partial charge >= 0.3 is 5.97 Å². The molecule has 0 unspecified atom stereocenters. The van der Waals surface area contributed by atoms with Gasteiger partial charge in [-0.25, -0.2) is 17.9 Å². The van der Waals surface area contributed by atoms with Crippen molar-refractivity contribution in [1.82, 2.24) is 4.72 Å². The lowest BCUT2D eigenvalue weighted by Gasteiger charge is -2.27. The van der Waals surface area contributed by atoms with Crippen molar-refractivity contribution < 1.29 is 27.8 Å². The molecule has 0 bridgehead atoms. The van der Waals surface area contributed by atoms with Gasteiger partial charge in [-0.05, 0) is 78.9 Å². The van der Waals surface area contributed by atoms with E-state index >= 15 is 0 Å². The minimum absolute atomic E-state index is 0.00589. The summed E-state index contributed by atoms with van der Waals surface area (Å²) in [6.07, 6.45) is 1.99. The average Bonchev–Trinajstić information content (AvgIpc) is 2.80. The number of rotatable bonds is 8. The number of fused-ring (bicyclic) bond motifs is 1. The van der Waals surface area contributed by atoms with Gasteiger partial charge < -0.3 is 14.6 Å². The van der Waals surface area contributed by atoms with E-state index in [1.165, 1.54) is 18.2 Å². The molecule has 10 heteroatoms. The van der Waals surface area contributed by atoms with E-state index < -0.39 is 28.6 Å². The van der Waals surface area contributed by atoms with Crippen LogP contribution in [0.15, 0.2) is 65.6 Å². The third-order valence-corrected chi connectivity index (χ3v) is 7.38. The topological polar surface area (TPSA) is 102 Å². The zero-order valence-electron chi connectivity index (χ0n) is 17.8. The molecule has 0 fully saturated rings. The second-order valence-corrected chi connectivity index (χ2v) is 10.3. The molecule has 0 spiro atoms. The van der Waals surface area contributed by atoms with Crippen LogP contribution in [-0.4, -0.2) is 26.1 Å². The van der Waals surface area contributed by atoms with Crippen LogP contribution in [0.25, 0.3) is 0 Å². The van der Waals surface area contributed by atoms with Crippen LogP contribution in [0, 0.1) is 0 Å². The largest absolute Gasteiger partial charge is 0.482 e. The summed E-state index contributed by atoms with van der Waals surface area (Å²) in [5.41, 5.74) is 1.58. The third kappa shape index (κ3) is 5.64. The molecular weight excluding hydrogens is 501 g/mol. The number of benzene rings is 3. The SMILES string of the molecule is O=C(O)COc1cccc2c1CCC[C@H]2NS(=O)(=O)c1ccc(Oc2ccc(Cl)cc2)c(Cl)c1. The first-order chi connectivity index (χ1) is 16.2. The van der Waals surface area contributed by atoms with Gasteiger partial charge in [-0.2, -0.15) is 0 Å². The van der Waals surface area contributed by atoms with Crippen molar-refractivity contribution in [3.63, 3.8) is 0 Å². The first kappa shape index (κ1) is 24.3.